The number of hydrogen-bond donors (Lipinski definition) is 1. The maximum atomic E-state index is 6.65. The molecule has 1 aliphatic rings. The summed E-state index contributed by atoms with van der Waals surface area (Å²) in [5.41, 5.74) is 6.85. The molecular formula is C16H33N. The fraction of sp³-hybridized carbons (Fsp3) is 1.00. The van der Waals surface area contributed by atoms with E-state index < -0.39 is 0 Å². The first kappa shape index (κ1) is 15.0. The van der Waals surface area contributed by atoms with E-state index in [1.807, 2.05) is 0 Å². The molecule has 0 spiro atoms. The summed E-state index contributed by atoms with van der Waals surface area (Å²) < 4.78 is 0. The van der Waals surface area contributed by atoms with Crippen LogP contribution in [-0.4, -0.2) is 5.54 Å². The van der Waals surface area contributed by atoms with Gasteiger partial charge in [0.1, 0.15) is 0 Å². The van der Waals surface area contributed by atoms with Gasteiger partial charge in [0.2, 0.25) is 0 Å². The van der Waals surface area contributed by atoms with Gasteiger partial charge in [-0.1, -0.05) is 71.6 Å². The molecule has 0 heterocycles. The summed E-state index contributed by atoms with van der Waals surface area (Å²) in [6, 6.07) is 0. The van der Waals surface area contributed by atoms with Gasteiger partial charge in [0.05, 0.1) is 0 Å². The summed E-state index contributed by atoms with van der Waals surface area (Å²) in [5, 5.41) is 0. The summed E-state index contributed by atoms with van der Waals surface area (Å²) in [4.78, 5) is 0. The van der Waals surface area contributed by atoms with Gasteiger partial charge in [-0.05, 0) is 25.2 Å². The maximum absolute atomic E-state index is 6.65. The van der Waals surface area contributed by atoms with Crippen LogP contribution in [0.15, 0.2) is 0 Å². The third-order valence-corrected chi connectivity index (χ3v) is 4.75. The average molecular weight is 239 g/mol. The zero-order valence-corrected chi connectivity index (χ0v) is 12.1. The Labute approximate surface area is 109 Å². The molecule has 1 nitrogen and oxygen atoms in total. The van der Waals surface area contributed by atoms with Gasteiger partial charge in [-0.25, -0.2) is 0 Å². The van der Waals surface area contributed by atoms with E-state index in [4.69, 9.17) is 5.73 Å². The molecule has 2 N–H and O–H groups in total. The molecule has 0 amide bonds. The van der Waals surface area contributed by atoms with E-state index in [2.05, 4.69) is 13.8 Å². The summed E-state index contributed by atoms with van der Waals surface area (Å²) >= 11 is 0. The Morgan fingerprint density at radius 2 is 1.71 bits per heavy atom. The molecule has 2 unspecified atom stereocenters. The van der Waals surface area contributed by atoms with Crippen LogP contribution < -0.4 is 5.73 Å². The summed E-state index contributed by atoms with van der Waals surface area (Å²) in [5.74, 6) is 0.798. The monoisotopic (exact) mass is 239 g/mol. The van der Waals surface area contributed by atoms with Crippen molar-refractivity contribution in [3.63, 3.8) is 0 Å². The molecule has 0 radical (unpaired) electrons. The van der Waals surface area contributed by atoms with E-state index >= 15 is 0 Å². The van der Waals surface area contributed by atoms with E-state index in [1.54, 1.807) is 0 Å². The summed E-state index contributed by atoms with van der Waals surface area (Å²) in [6.07, 6.45) is 16.3. The van der Waals surface area contributed by atoms with Crippen LogP contribution in [0.2, 0.25) is 0 Å². The second-order valence-electron chi connectivity index (χ2n) is 6.10. The van der Waals surface area contributed by atoms with Gasteiger partial charge in [0, 0.05) is 5.54 Å². The minimum atomic E-state index is 0.192. The fourth-order valence-corrected chi connectivity index (χ4v) is 3.51. The van der Waals surface area contributed by atoms with Crippen molar-refractivity contribution in [2.24, 2.45) is 11.7 Å². The fourth-order valence-electron chi connectivity index (χ4n) is 3.51. The highest BCUT2D eigenvalue weighted by atomic mass is 14.8. The first-order chi connectivity index (χ1) is 8.23. The topological polar surface area (TPSA) is 26.0 Å². The highest BCUT2D eigenvalue weighted by Gasteiger charge is 2.35. The molecule has 2 atom stereocenters. The van der Waals surface area contributed by atoms with Crippen LogP contribution in [0, 0.1) is 5.92 Å². The van der Waals surface area contributed by atoms with Crippen molar-refractivity contribution >= 4 is 0 Å². The molecule has 0 aromatic carbocycles. The molecule has 1 heteroatoms. The van der Waals surface area contributed by atoms with Gasteiger partial charge in [-0.15, -0.1) is 0 Å². The molecule has 0 aliphatic heterocycles. The summed E-state index contributed by atoms with van der Waals surface area (Å²) in [6.45, 7) is 4.60. The molecule has 1 aliphatic carbocycles. The van der Waals surface area contributed by atoms with Crippen molar-refractivity contribution in [2.75, 3.05) is 0 Å². The molecule has 0 aromatic rings. The van der Waals surface area contributed by atoms with Gasteiger partial charge in [0.15, 0.2) is 0 Å². The molecular weight excluding hydrogens is 206 g/mol. The lowest BCUT2D eigenvalue weighted by Crippen LogP contribution is -2.48. The minimum absolute atomic E-state index is 0.192. The predicted octanol–water partition coefficient (Wildman–Crippen LogP) is 5.03. The average Bonchev–Trinajstić information content (AvgIpc) is 2.34. The third kappa shape index (κ3) is 4.99. The standard InChI is InChI=1S/C16H33N/c1-3-5-6-7-8-10-13-16(17)14-11-9-12-15(16)4-2/h15H,3-14,17H2,1-2H3. The Morgan fingerprint density at radius 3 is 2.41 bits per heavy atom. The zero-order chi connectivity index (χ0) is 12.6. The highest BCUT2D eigenvalue weighted by molar-refractivity contribution is 4.93. The van der Waals surface area contributed by atoms with Crippen LogP contribution >= 0.6 is 0 Å². The number of hydrogen-bond acceptors (Lipinski definition) is 1. The summed E-state index contributed by atoms with van der Waals surface area (Å²) in [7, 11) is 0. The lowest BCUT2D eigenvalue weighted by molar-refractivity contribution is 0.167. The van der Waals surface area contributed by atoms with Gasteiger partial charge < -0.3 is 5.73 Å². The zero-order valence-electron chi connectivity index (χ0n) is 12.1. The van der Waals surface area contributed by atoms with Crippen molar-refractivity contribution in [3.8, 4) is 0 Å². The van der Waals surface area contributed by atoms with Crippen molar-refractivity contribution in [2.45, 2.75) is 96.4 Å². The Balaban J connectivity index is 2.18. The lowest BCUT2D eigenvalue weighted by Gasteiger charge is -2.41. The third-order valence-electron chi connectivity index (χ3n) is 4.75. The van der Waals surface area contributed by atoms with Crippen LogP contribution in [0.4, 0.5) is 0 Å². The Morgan fingerprint density at radius 1 is 1.00 bits per heavy atom. The Bertz CT molecular complexity index is 190. The molecule has 0 bridgehead atoms. The van der Waals surface area contributed by atoms with E-state index in [-0.39, 0.29) is 5.54 Å². The van der Waals surface area contributed by atoms with Crippen molar-refractivity contribution in [1.82, 2.24) is 0 Å². The van der Waals surface area contributed by atoms with Crippen molar-refractivity contribution in [3.05, 3.63) is 0 Å². The molecule has 0 saturated heterocycles. The van der Waals surface area contributed by atoms with Crippen molar-refractivity contribution < 1.29 is 0 Å². The molecule has 1 fully saturated rings. The van der Waals surface area contributed by atoms with Gasteiger partial charge in [-0.3, -0.25) is 0 Å². The second kappa shape index (κ2) is 8.13. The normalized spacial score (nSPS) is 29.5. The second-order valence-corrected chi connectivity index (χ2v) is 6.10. The van der Waals surface area contributed by atoms with Crippen LogP contribution in [0.5, 0.6) is 0 Å². The first-order valence-electron chi connectivity index (χ1n) is 8.02. The van der Waals surface area contributed by atoms with E-state index in [0.717, 1.165) is 5.92 Å². The van der Waals surface area contributed by atoms with Crippen LogP contribution in [-0.2, 0) is 0 Å². The highest BCUT2D eigenvalue weighted by Crippen LogP contribution is 2.37. The van der Waals surface area contributed by atoms with Crippen LogP contribution in [0.3, 0.4) is 0 Å². The molecule has 1 saturated carbocycles. The molecule has 1 rings (SSSR count). The van der Waals surface area contributed by atoms with E-state index in [0.29, 0.717) is 0 Å². The SMILES string of the molecule is CCCCCCCCC1(N)CCCCC1CC. The van der Waals surface area contributed by atoms with Crippen molar-refractivity contribution in [1.29, 1.82) is 0 Å². The quantitative estimate of drug-likeness (QED) is 0.590. The van der Waals surface area contributed by atoms with Gasteiger partial charge in [-0.2, -0.15) is 0 Å². The maximum Gasteiger partial charge on any atom is 0.0182 e. The van der Waals surface area contributed by atoms with Gasteiger partial charge >= 0.3 is 0 Å². The van der Waals surface area contributed by atoms with Crippen LogP contribution in [0.1, 0.15) is 90.9 Å². The Hall–Kier alpha value is -0.0400. The first-order valence-corrected chi connectivity index (χ1v) is 8.02. The van der Waals surface area contributed by atoms with Gasteiger partial charge in [0.25, 0.3) is 0 Å². The lowest BCUT2D eigenvalue weighted by atomic mass is 9.69. The molecule has 102 valence electrons. The Kier molecular flexibility index (Phi) is 7.18. The number of nitrogens with two attached hydrogens (primary N) is 1. The predicted molar refractivity (Wildman–Crippen MR) is 77.2 cm³/mol. The van der Waals surface area contributed by atoms with E-state index in [1.165, 1.54) is 77.0 Å². The largest absolute Gasteiger partial charge is 0.325 e. The molecule has 17 heavy (non-hydrogen) atoms. The van der Waals surface area contributed by atoms with Crippen LogP contribution in [0.25, 0.3) is 0 Å². The molecule has 0 aromatic heterocycles. The number of rotatable bonds is 8. The number of unbranched alkanes of at least 4 members (excludes halogenated alkanes) is 5. The minimum Gasteiger partial charge on any atom is -0.325 e. The van der Waals surface area contributed by atoms with E-state index in [9.17, 15) is 0 Å². The smallest absolute Gasteiger partial charge is 0.0182 e.